The van der Waals surface area contributed by atoms with Gasteiger partial charge in [0.25, 0.3) is 0 Å². The highest BCUT2D eigenvalue weighted by Gasteiger charge is 1.90. The molecule has 0 radical (unpaired) electrons. The lowest BCUT2D eigenvalue weighted by Crippen LogP contribution is -2.01. The van der Waals surface area contributed by atoms with Crippen molar-refractivity contribution >= 4 is 50.4 Å². The summed E-state index contributed by atoms with van der Waals surface area (Å²) in [6.07, 6.45) is 0. The van der Waals surface area contributed by atoms with Crippen LogP contribution in [0, 0.1) is 0 Å². The Morgan fingerprint density at radius 3 is 2.86 bits per heavy atom. The maximum atomic E-state index is 2.50. The van der Waals surface area contributed by atoms with Gasteiger partial charge in [0.15, 0.2) is 0 Å². The van der Waals surface area contributed by atoms with Crippen molar-refractivity contribution in [3.8, 4) is 0 Å². The van der Waals surface area contributed by atoms with Gasteiger partial charge in [-0.15, -0.1) is 3.69 Å². The van der Waals surface area contributed by atoms with Gasteiger partial charge in [-0.2, -0.15) is 11.3 Å². The van der Waals surface area contributed by atoms with E-state index in [4.69, 9.17) is 0 Å². The molecule has 0 aromatic carbocycles. The number of thiophene rings is 1. The van der Waals surface area contributed by atoms with Crippen molar-refractivity contribution in [2.75, 3.05) is 0 Å². The lowest BCUT2D eigenvalue weighted by atomic mass is 10.7. The van der Waals surface area contributed by atoms with E-state index in [9.17, 15) is 0 Å². The molecule has 7 heavy (non-hydrogen) atoms. The smallest absolute Gasteiger partial charge is 0.291 e. The number of hydrogen-bond acceptors (Lipinski definition) is 1. The molecular weight excluding hydrogens is 231 g/mol. The van der Waals surface area contributed by atoms with Crippen LogP contribution in [0.25, 0.3) is 0 Å². The largest absolute Gasteiger partial charge is 0.503 e. The van der Waals surface area contributed by atoms with Gasteiger partial charge in [-0.05, 0) is 10.8 Å². The van der Waals surface area contributed by atoms with Crippen LogP contribution in [0.15, 0.2) is 16.8 Å². The molecule has 0 aliphatic heterocycles. The third-order valence-electron chi connectivity index (χ3n) is 0.734. The SMILES string of the molecule is [I][Mg][c]1ccsc1. The van der Waals surface area contributed by atoms with E-state index in [0.29, 0.717) is 0 Å². The Bertz CT molecular complexity index is 126. The van der Waals surface area contributed by atoms with E-state index < -0.39 is 0 Å². The zero-order valence-electron chi connectivity index (χ0n) is 3.73. The summed E-state index contributed by atoms with van der Waals surface area (Å²) in [6.45, 7) is 0. The molecule has 0 aliphatic carbocycles. The van der Waals surface area contributed by atoms with E-state index in [2.05, 4.69) is 35.7 Å². The minimum atomic E-state index is 0.114. The Hall–Kier alpha value is 1.20. The van der Waals surface area contributed by atoms with E-state index in [-0.39, 0.29) is 16.5 Å². The summed E-state index contributed by atoms with van der Waals surface area (Å²) in [5.74, 6) is 0. The maximum absolute atomic E-state index is 2.50. The molecule has 0 amide bonds. The summed E-state index contributed by atoms with van der Waals surface area (Å²) in [5, 5.41) is 4.37. The van der Waals surface area contributed by atoms with Crippen LogP contribution in [0.4, 0.5) is 0 Å². The van der Waals surface area contributed by atoms with Gasteiger partial charge in [-0.3, -0.25) is 18.9 Å². The molecule has 1 aromatic heterocycles. The van der Waals surface area contributed by atoms with Crippen LogP contribution in [0.1, 0.15) is 0 Å². The summed E-state index contributed by atoms with van der Waals surface area (Å²) >= 11 is 4.40. The van der Waals surface area contributed by atoms with Crippen LogP contribution in [0.5, 0.6) is 0 Å². The molecule has 34 valence electrons. The second-order valence-corrected chi connectivity index (χ2v) is 5.42. The second-order valence-electron chi connectivity index (χ2n) is 1.27. The molecule has 0 aliphatic rings. The predicted octanol–water partition coefficient (Wildman–Crippen LogP) is 1.43. The maximum Gasteiger partial charge on any atom is 0.503 e. The molecule has 0 saturated heterocycles. The first kappa shape index (κ1) is 6.32. The summed E-state index contributed by atoms with van der Waals surface area (Å²) in [5.41, 5.74) is 0. The van der Waals surface area contributed by atoms with E-state index in [1.54, 1.807) is 15.0 Å². The van der Waals surface area contributed by atoms with Crippen LogP contribution in [-0.2, 0) is 0 Å². The van der Waals surface area contributed by atoms with Crippen LogP contribution >= 0.6 is 30.2 Å². The van der Waals surface area contributed by atoms with Crippen LogP contribution in [0.2, 0.25) is 0 Å². The van der Waals surface area contributed by atoms with Crippen LogP contribution < -0.4 is 3.69 Å². The third kappa shape index (κ3) is 1.87. The highest BCUT2D eigenvalue weighted by Crippen LogP contribution is 1.92. The predicted molar refractivity (Wildman–Crippen MR) is 43.7 cm³/mol. The standard InChI is InChI=1S/C4H3S.HI.Mg/c1-2-4-5-3-1;;/h1,3-4H;1H;/q;;+1/p-1. The van der Waals surface area contributed by atoms with Crippen molar-refractivity contribution in [1.29, 1.82) is 0 Å². The summed E-state index contributed by atoms with van der Waals surface area (Å²) < 4.78 is 1.57. The second kappa shape index (κ2) is 3.27. The van der Waals surface area contributed by atoms with Crippen LogP contribution in [0.3, 0.4) is 0 Å². The lowest BCUT2D eigenvalue weighted by molar-refractivity contribution is 2.15. The molecule has 0 unspecified atom stereocenters. The molecule has 0 atom stereocenters. The Morgan fingerprint density at radius 1 is 1.71 bits per heavy atom. The minimum Gasteiger partial charge on any atom is -0.291 e. The Labute approximate surface area is 66.4 Å². The van der Waals surface area contributed by atoms with Crippen molar-refractivity contribution in [3.63, 3.8) is 0 Å². The molecule has 0 spiro atoms. The van der Waals surface area contributed by atoms with Crippen LogP contribution in [-0.4, -0.2) is 16.5 Å². The first-order valence-electron chi connectivity index (χ1n) is 2.00. The summed E-state index contributed by atoms with van der Waals surface area (Å²) in [6, 6.07) is 2.21. The highest BCUT2D eigenvalue weighted by molar-refractivity contribution is 14.1. The van der Waals surface area contributed by atoms with Gasteiger partial charge < -0.3 is 0 Å². The molecule has 0 nitrogen and oxygen atoms in total. The Morgan fingerprint density at radius 2 is 2.57 bits per heavy atom. The van der Waals surface area contributed by atoms with Gasteiger partial charge in [-0.1, -0.05) is 6.07 Å². The van der Waals surface area contributed by atoms with Gasteiger partial charge in [0.05, 0.1) is 0 Å². The summed E-state index contributed by atoms with van der Waals surface area (Å²) in [7, 11) is 0. The minimum absolute atomic E-state index is 0.114. The highest BCUT2D eigenvalue weighted by atomic mass is 127. The van der Waals surface area contributed by atoms with Gasteiger partial charge in [0.1, 0.15) is 0 Å². The van der Waals surface area contributed by atoms with Crippen molar-refractivity contribution in [2.24, 2.45) is 0 Å². The Balaban J connectivity index is 2.76. The van der Waals surface area contributed by atoms with Crippen molar-refractivity contribution < 1.29 is 0 Å². The lowest BCUT2D eigenvalue weighted by Gasteiger charge is -1.73. The molecule has 3 heteroatoms. The quantitative estimate of drug-likeness (QED) is 0.509. The van der Waals surface area contributed by atoms with Gasteiger partial charge in [0, 0.05) is 0 Å². The van der Waals surface area contributed by atoms with Crippen molar-refractivity contribution in [1.82, 2.24) is 0 Å². The molecule has 0 fully saturated rings. The molecule has 1 rings (SSSR count). The molecule has 0 N–H and O–H groups in total. The first-order valence-corrected chi connectivity index (χ1v) is 8.76. The number of hydrogen-bond donors (Lipinski definition) is 0. The van der Waals surface area contributed by atoms with Gasteiger partial charge >= 0.3 is 16.5 Å². The molecule has 1 heterocycles. The van der Waals surface area contributed by atoms with Gasteiger partial charge in [-0.25, -0.2) is 0 Å². The monoisotopic (exact) mass is 234 g/mol. The fourth-order valence-electron chi connectivity index (χ4n) is 0.369. The topological polar surface area (TPSA) is 0 Å². The fraction of sp³-hybridized carbons (Fsp3) is 0. The number of rotatable bonds is 1. The van der Waals surface area contributed by atoms with Crippen molar-refractivity contribution in [2.45, 2.75) is 0 Å². The van der Waals surface area contributed by atoms with E-state index in [1.807, 2.05) is 0 Å². The third-order valence-corrected chi connectivity index (χ3v) is 5.15. The van der Waals surface area contributed by atoms with E-state index >= 15 is 0 Å². The average molecular weight is 234 g/mol. The Kier molecular flexibility index (Phi) is 2.95. The summed E-state index contributed by atoms with van der Waals surface area (Å²) in [4.78, 5) is 0. The number of halogens is 1. The molecular formula is C4H3IMgS. The molecule has 0 saturated carbocycles. The van der Waals surface area contributed by atoms with Gasteiger partial charge in [0.2, 0.25) is 0 Å². The zero-order chi connectivity index (χ0) is 5.11. The zero-order valence-corrected chi connectivity index (χ0v) is 8.11. The first-order chi connectivity index (χ1) is 3.43. The molecule has 1 aromatic rings. The fourth-order valence-corrected chi connectivity index (χ4v) is 4.25. The van der Waals surface area contributed by atoms with Crippen molar-refractivity contribution in [3.05, 3.63) is 16.8 Å². The van der Waals surface area contributed by atoms with E-state index in [0.717, 1.165) is 0 Å². The van der Waals surface area contributed by atoms with E-state index in [1.165, 1.54) is 0 Å². The molecule has 0 bridgehead atoms. The normalized spacial score (nSPS) is 8.14. The average Bonchev–Trinajstić information content (AvgIpc) is 2.14.